The van der Waals surface area contributed by atoms with Crippen LogP contribution in [0, 0.1) is 19.8 Å². The Hall–Kier alpha value is -3.12. The van der Waals surface area contributed by atoms with Gasteiger partial charge in [-0.15, -0.1) is 0 Å². The fourth-order valence-electron chi connectivity index (χ4n) is 5.19. The molecule has 6 nitrogen and oxygen atoms in total. The Morgan fingerprint density at radius 1 is 1.24 bits per heavy atom. The van der Waals surface area contributed by atoms with E-state index in [1.54, 1.807) is 13.2 Å². The molecule has 0 atom stereocenters. The zero-order chi connectivity index (χ0) is 28.0. The maximum atomic E-state index is 12.4. The molecule has 0 unspecified atom stereocenters. The van der Waals surface area contributed by atoms with Crippen molar-refractivity contribution in [3.63, 3.8) is 0 Å². The van der Waals surface area contributed by atoms with E-state index < -0.39 is 5.97 Å². The summed E-state index contributed by atoms with van der Waals surface area (Å²) in [5.74, 6) is 1.44. The number of carboxylic acids is 1. The number of nitrogens with zero attached hydrogens (tertiary/aromatic N) is 1. The Bertz CT molecular complexity index is 1300. The Balaban J connectivity index is 0.00000195. The van der Waals surface area contributed by atoms with Crippen molar-refractivity contribution in [2.45, 2.75) is 86.2 Å². The molecule has 6 heteroatoms. The van der Waals surface area contributed by atoms with Crippen molar-refractivity contribution >= 4 is 22.9 Å². The normalized spacial score (nSPS) is 19.4. The minimum Gasteiger partial charge on any atom is -0.493 e. The Labute approximate surface area is 227 Å². The molecule has 1 fully saturated rings. The molecular formula is C32H43NO5. The van der Waals surface area contributed by atoms with Crippen LogP contribution in [0.15, 0.2) is 28.7 Å². The van der Waals surface area contributed by atoms with Gasteiger partial charge < -0.3 is 19.0 Å². The van der Waals surface area contributed by atoms with E-state index in [1.165, 1.54) is 0 Å². The Morgan fingerprint density at radius 3 is 2.50 bits per heavy atom. The average Bonchev–Trinajstić information content (AvgIpc) is 3.25. The van der Waals surface area contributed by atoms with Crippen LogP contribution in [-0.4, -0.2) is 35.4 Å². The molecule has 3 aromatic rings. The monoisotopic (exact) mass is 521 g/mol. The van der Waals surface area contributed by atoms with Gasteiger partial charge in [-0.05, 0) is 77.0 Å². The number of rotatable bonds is 8. The lowest BCUT2D eigenvalue weighted by Gasteiger charge is -2.36. The minimum atomic E-state index is -1.01. The van der Waals surface area contributed by atoms with Crippen LogP contribution < -0.4 is 4.74 Å². The number of hydrogen-bond acceptors (Lipinski definition) is 5. The first-order valence-electron chi connectivity index (χ1n) is 13.8. The summed E-state index contributed by atoms with van der Waals surface area (Å²) in [5.41, 5.74) is 4.14. The van der Waals surface area contributed by atoms with Crippen LogP contribution in [0.3, 0.4) is 0 Å². The molecule has 0 bridgehead atoms. The van der Waals surface area contributed by atoms with E-state index in [2.05, 4.69) is 6.92 Å². The number of aromatic nitrogens is 1. The predicted octanol–water partition coefficient (Wildman–Crippen LogP) is 8.41. The number of carbonyl (C=O) groups is 1. The van der Waals surface area contributed by atoms with Crippen LogP contribution in [0.4, 0.5) is 0 Å². The first-order chi connectivity index (χ1) is 18.2. The summed E-state index contributed by atoms with van der Waals surface area (Å²) < 4.78 is 18.1. The van der Waals surface area contributed by atoms with Crippen LogP contribution >= 0.6 is 0 Å². The lowest BCUT2D eigenvalue weighted by Crippen LogP contribution is -2.34. The zero-order valence-corrected chi connectivity index (χ0v) is 24.2. The molecule has 2 heterocycles. The predicted molar refractivity (Wildman–Crippen MR) is 154 cm³/mol. The van der Waals surface area contributed by atoms with Gasteiger partial charge in [0.25, 0.3) is 0 Å². The van der Waals surface area contributed by atoms with Crippen molar-refractivity contribution in [1.82, 2.24) is 4.98 Å². The third kappa shape index (κ3) is 5.96. The molecule has 1 aromatic carbocycles. The van der Waals surface area contributed by atoms with Crippen molar-refractivity contribution in [3.8, 4) is 17.2 Å². The van der Waals surface area contributed by atoms with Gasteiger partial charge >= 0.3 is 5.97 Å². The number of hydrogen-bond donors (Lipinski definition) is 1. The Morgan fingerprint density at radius 2 is 1.92 bits per heavy atom. The number of pyridine rings is 1. The van der Waals surface area contributed by atoms with Gasteiger partial charge in [0.15, 0.2) is 5.76 Å². The van der Waals surface area contributed by atoms with E-state index in [0.717, 1.165) is 54.6 Å². The second-order valence-corrected chi connectivity index (χ2v) is 10.1. The number of fused-ring (bicyclic) bond motifs is 1. The number of benzene rings is 1. The van der Waals surface area contributed by atoms with E-state index in [0.29, 0.717) is 40.6 Å². The molecule has 1 aliphatic carbocycles. The average molecular weight is 522 g/mol. The molecule has 206 valence electrons. The Kier molecular flexibility index (Phi) is 9.77. The maximum absolute atomic E-state index is 12.4. The van der Waals surface area contributed by atoms with Crippen molar-refractivity contribution in [2.24, 2.45) is 5.92 Å². The summed E-state index contributed by atoms with van der Waals surface area (Å²) in [4.78, 5) is 17.4. The highest BCUT2D eigenvalue weighted by atomic mass is 16.5. The van der Waals surface area contributed by atoms with Gasteiger partial charge in [-0.3, -0.25) is 0 Å². The van der Waals surface area contributed by atoms with Gasteiger partial charge in [0.1, 0.15) is 17.2 Å². The quantitative estimate of drug-likeness (QED) is 0.320. The molecule has 0 aliphatic heterocycles. The third-order valence-corrected chi connectivity index (χ3v) is 7.64. The summed E-state index contributed by atoms with van der Waals surface area (Å²) in [6.45, 7) is 14.6. The highest BCUT2D eigenvalue weighted by Crippen LogP contribution is 2.38. The summed E-state index contributed by atoms with van der Waals surface area (Å²) in [7, 11) is 1.78. The second kappa shape index (κ2) is 12.6. The smallest absolute Gasteiger partial charge is 0.336 e. The van der Waals surface area contributed by atoms with Gasteiger partial charge in [0, 0.05) is 24.7 Å². The highest BCUT2D eigenvalue weighted by Gasteiger charge is 2.31. The number of ether oxygens (including phenoxy) is 2. The molecule has 4 rings (SSSR count). The standard InChI is InChI=1S/C30H37NO5.C2H6/c1-7-9-21-19(4)28(36-24(21)8-2)23-16-22(29(32)33)26-25(11-10-18(3)27(26)31-23)35-17-20-12-14-30(5,34-6)15-13-20;1-2/h7,9-11,16,20H,8,12-15,17H2,1-6H3,(H,32,33);1-2H3/b9-7-;. The van der Waals surface area contributed by atoms with E-state index in [-0.39, 0.29) is 11.2 Å². The van der Waals surface area contributed by atoms with Crippen molar-refractivity contribution in [3.05, 3.63) is 52.3 Å². The molecule has 0 radical (unpaired) electrons. The molecule has 1 N–H and O–H groups in total. The first-order valence-corrected chi connectivity index (χ1v) is 13.8. The van der Waals surface area contributed by atoms with Gasteiger partial charge in [-0.2, -0.15) is 0 Å². The topological polar surface area (TPSA) is 81.8 Å². The lowest BCUT2D eigenvalue weighted by atomic mass is 9.80. The van der Waals surface area contributed by atoms with E-state index in [9.17, 15) is 9.90 Å². The fraction of sp³-hybridized carbons (Fsp3) is 0.500. The molecule has 0 spiro atoms. The van der Waals surface area contributed by atoms with Crippen molar-refractivity contribution in [1.29, 1.82) is 0 Å². The van der Waals surface area contributed by atoms with Gasteiger partial charge in [0.2, 0.25) is 0 Å². The maximum Gasteiger partial charge on any atom is 0.336 e. The van der Waals surface area contributed by atoms with Gasteiger partial charge in [-0.25, -0.2) is 9.78 Å². The molecule has 0 amide bonds. The van der Waals surface area contributed by atoms with Crippen LogP contribution in [0.2, 0.25) is 0 Å². The van der Waals surface area contributed by atoms with Crippen molar-refractivity contribution < 1.29 is 23.8 Å². The summed E-state index contributed by atoms with van der Waals surface area (Å²) in [6, 6.07) is 5.43. The molecule has 1 saturated carbocycles. The molecule has 1 aliphatic rings. The molecule has 38 heavy (non-hydrogen) atoms. The van der Waals surface area contributed by atoms with E-state index >= 15 is 0 Å². The SMILES string of the molecule is C/C=C\c1c(CC)oc(-c2cc(C(=O)O)c3c(OCC4CCC(C)(OC)CC4)ccc(C)c3n2)c1C.CC. The van der Waals surface area contributed by atoms with Crippen LogP contribution in [-0.2, 0) is 11.2 Å². The van der Waals surface area contributed by atoms with Crippen LogP contribution in [0.5, 0.6) is 5.75 Å². The summed E-state index contributed by atoms with van der Waals surface area (Å²) in [5, 5.41) is 10.7. The molecule has 2 aromatic heterocycles. The number of furan rings is 1. The summed E-state index contributed by atoms with van der Waals surface area (Å²) in [6.07, 6.45) is 8.78. The first kappa shape index (κ1) is 29.4. The van der Waals surface area contributed by atoms with Gasteiger partial charge in [-0.1, -0.05) is 39.0 Å². The number of methoxy groups -OCH3 is 1. The zero-order valence-electron chi connectivity index (χ0n) is 24.2. The van der Waals surface area contributed by atoms with E-state index in [1.807, 2.05) is 65.8 Å². The highest BCUT2D eigenvalue weighted by molar-refractivity contribution is 6.07. The number of carboxylic acid groups (broad SMARTS) is 1. The number of allylic oxidation sites excluding steroid dienone is 1. The number of aryl methyl sites for hydroxylation is 2. The van der Waals surface area contributed by atoms with Crippen molar-refractivity contribution in [2.75, 3.05) is 13.7 Å². The fourth-order valence-corrected chi connectivity index (χ4v) is 5.19. The largest absolute Gasteiger partial charge is 0.493 e. The summed E-state index contributed by atoms with van der Waals surface area (Å²) >= 11 is 0. The minimum absolute atomic E-state index is 0.0573. The lowest BCUT2D eigenvalue weighted by molar-refractivity contribution is -0.0377. The third-order valence-electron chi connectivity index (χ3n) is 7.64. The van der Waals surface area contributed by atoms with Crippen LogP contribution in [0.25, 0.3) is 28.4 Å². The van der Waals surface area contributed by atoms with E-state index in [4.69, 9.17) is 18.9 Å². The van der Waals surface area contributed by atoms with Crippen LogP contribution in [0.1, 0.15) is 93.1 Å². The number of aromatic carboxylic acids is 1. The van der Waals surface area contributed by atoms with Gasteiger partial charge in [0.05, 0.1) is 28.7 Å². The molecular weight excluding hydrogens is 478 g/mol. The second-order valence-electron chi connectivity index (χ2n) is 10.1. The molecule has 0 saturated heterocycles.